The Morgan fingerprint density at radius 1 is 1.42 bits per heavy atom. The minimum absolute atomic E-state index is 0.0530. The third-order valence-electron chi connectivity index (χ3n) is 2.68. The van der Waals surface area contributed by atoms with Crippen LogP contribution in [0, 0.1) is 6.92 Å². The first kappa shape index (κ1) is 15.9. The molecular weight excluding hydrogens is 288 g/mol. The summed E-state index contributed by atoms with van der Waals surface area (Å²) < 4.78 is 22.9. The van der Waals surface area contributed by atoms with Crippen LogP contribution in [-0.4, -0.2) is 32.8 Å². The summed E-state index contributed by atoms with van der Waals surface area (Å²) in [7, 11) is -2.29. The van der Waals surface area contributed by atoms with Crippen LogP contribution in [0.5, 0.6) is 0 Å². The van der Waals surface area contributed by atoms with Crippen LogP contribution in [0.25, 0.3) is 0 Å². The number of primary sulfonamides is 1. The molecule has 0 aliphatic carbocycles. The minimum atomic E-state index is -3.95. The quantitative estimate of drug-likeness (QED) is 0.920. The Hall–Kier alpha value is -1.11. The van der Waals surface area contributed by atoms with Crippen LogP contribution in [0.4, 0.5) is 0 Å². The summed E-state index contributed by atoms with van der Waals surface area (Å²) in [6.07, 6.45) is 0.816. The molecule has 0 unspecified atom stereocenters. The molecule has 0 radical (unpaired) electrons. The second-order valence-electron chi connectivity index (χ2n) is 4.38. The summed E-state index contributed by atoms with van der Waals surface area (Å²) in [6, 6.07) is 2.78. The average Bonchev–Trinajstić information content (AvgIpc) is 2.30. The van der Waals surface area contributed by atoms with E-state index in [4.69, 9.17) is 16.7 Å². The van der Waals surface area contributed by atoms with Gasteiger partial charge in [-0.2, -0.15) is 0 Å². The molecule has 0 spiro atoms. The van der Waals surface area contributed by atoms with E-state index in [9.17, 15) is 13.2 Å². The van der Waals surface area contributed by atoms with Gasteiger partial charge < -0.3 is 4.90 Å². The lowest BCUT2D eigenvalue weighted by molar-refractivity contribution is 0.0795. The van der Waals surface area contributed by atoms with E-state index in [0.717, 1.165) is 6.42 Å². The summed E-state index contributed by atoms with van der Waals surface area (Å²) in [5.74, 6) is -0.258. The van der Waals surface area contributed by atoms with Crippen LogP contribution >= 0.6 is 11.6 Å². The van der Waals surface area contributed by atoms with Crippen molar-refractivity contribution in [3.8, 4) is 0 Å². The molecule has 0 aliphatic heterocycles. The van der Waals surface area contributed by atoms with Crippen molar-refractivity contribution in [3.63, 3.8) is 0 Å². The van der Waals surface area contributed by atoms with Crippen molar-refractivity contribution in [3.05, 3.63) is 28.3 Å². The Bertz CT molecular complexity index is 599. The van der Waals surface area contributed by atoms with E-state index in [1.54, 1.807) is 20.0 Å². The van der Waals surface area contributed by atoms with Crippen LogP contribution < -0.4 is 5.14 Å². The van der Waals surface area contributed by atoms with Crippen molar-refractivity contribution in [1.29, 1.82) is 0 Å². The van der Waals surface area contributed by atoms with Crippen molar-refractivity contribution in [1.82, 2.24) is 4.90 Å². The first-order valence-electron chi connectivity index (χ1n) is 5.77. The Labute approximate surface area is 118 Å². The molecule has 0 atom stereocenters. The van der Waals surface area contributed by atoms with Crippen LogP contribution in [0.3, 0.4) is 0 Å². The highest BCUT2D eigenvalue weighted by atomic mass is 35.5. The van der Waals surface area contributed by atoms with E-state index < -0.39 is 10.0 Å². The van der Waals surface area contributed by atoms with Gasteiger partial charge in [-0.3, -0.25) is 4.79 Å². The van der Waals surface area contributed by atoms with Crippen LogP contribution in [0.1, 0.15) is 29.3 Å². The number of nitrogens with zero attached hydrogens (tertiary/aromatic N) is 1. The largest absolute Gasteiger partial charge is 0.342 e. The van der Waals surface area contributed by atoms with Crippen molar-refractivity contribution in [2.45, 2.75) is 25.2 Å². The zero-order valence-corrected chi connectivity index (χ0v) is 12.7. The number of halogens is 1. The second-order valence-corrected chi connectivity index (χ2v) is 6.28. The van der Waals surface area contributed by atoms with Gasteiger partial charge in [0.05, 0.1) is 5.02 Å². The normalized spacial score (nSPS) is 11.4. The molecule has 1 amide bonds. The zero-order valence-electron chi connectivity index (χ0n) is 11.1. The number of aryl methyl sites for hydroxylation is 1. The number of nitrogens with two attached hydrogens (primary N) is 1. The lowest BCUT2D eigenvalue weighted by Gasteiger charge is -2.17. The number of hydrogen-bond donors (Lipinski definition) is 1. The van der Waals surface area contributed by atoms with Gasteiger partial charge in [-0.15, -0.1) is 0 Å². The third kappa shape index (κ3) is 3.68. The van der Waals surface area contributed by atoms with E-state index in [-0.39, 0.29) is 21.4 Å². The molecule has 0 fully saturated rings. The van der Waals surface area contributed by atoms with Gasteiger partial charge in [-0.05, 0) is 31.0 Å². The van der Waals surface area contributed by atoms with Crippen molar-refractivity contribution in [2.24, 2.45) is 5.14 Å². The van der Waals surface area contributed by atoms with Gasteiger partial charge >= 0.3 is 0 Å². The van der Waals surface area contributed by atoms with Gasteiger partial charge in [0.25, 0.3) is 5.91 Å². The molecule has 5 nitrogen and oxygen atoms in total. The number of rotatable bonds is 4. The molecule has 19 heavy (non-hydrogen) atoms. The second kappa shape index (κ2) is 5.90. The number of carbonyl (C=O) groups is 1. The molecule has 0 saturated heterocycles. The summed E-state index contributed by atoms with van der Waals surface area (Å²) >= 11 is 5.91. The molecular formula is C12H17ClN2O3S. The summed E-state index contributed by atoms with van der Waals surface area (Å²) in [5.41, 5.74) is 0.767. The first-order chi connectivity index (χ1) is 8.68. The summed E-state index contributed by atoms with van der Waals surface area (Å²) in [4.78, 5) is 13.4. The van der Waals surface area contributed by atoms with E-state index in [2.05, 4.69) is 0 Å². The van der Waals surface area contributed by atoms with Crippen LogP contribution in [-0.2, 0) is 10.0 Å². The molecule has 1 aromatic rings. The minimum Gasteiger partial charge on any atom is -0.342 e. The smallest absolute Gasteiger partial charge is 0.253 e. The van der Waals surface area contributed by atoms with E-state index in [0.29, 0.717) is 12.1 Å². The molecule has 1 rings (SSSR count). The first-order valence-corrected chi connectivity index (χ1v) is 7.69. The fourth-order valence-corrected chi connectivity index (χ4v) is 2.86. The maximum Gasteiger partial charge on any atom is 0.253 e. The SMILES string of the molecule is CCCN(C)C(=O)c1cc(C)c(Cl)c(S(N)(=O)=O)c1. The Balaban J connectivity index is 3.33. The number of hydrogen-bond acceptors (Lipinski definition) is 3. The molecule has 0 bridgehead atoms. The molecule has 7 heteroatoms. The molecule has 2 N–H and O–H groups in total. The number of amides is 1. The molecule has 1 aromatic carbocycles. The monoisotopic (exact) mass is 304 g/mol. The average molecular weight is 305 g/mol. The topological polar surface area (TPSA) is 80.5 Å². The third-order valence-corrected chi connectivity index (χ3v) is 4.23. The number of sulfonamides is 1. The lowest BCUT2D eigenvalue weighted by Crippen LogP contribution is -2.28. The Kier molecular flexibility index (Phi) is 4.95. The predicted molar refractivity (Wildman–Crippen MR) is 74.8 cm³/mol. The standard InChI is InChI=1S/C12H17ClN2O3S/c1-4-5-15(3)12(16)9-6-8(2)11(13)10(7-9)19(14,17)18/h6-7H,4-5H2,1-3H3,(H2,14,17,18). The van der Waals surface area contributed by atoms with Gasteiger partial charge in [0.1, 0.15) is 4.90 Å². The fraction of sp³-hybridized carbons (Fsp3) is 0.417. The van der Waals surface area contributed by atoms with Gasteiger partial charge in [0.2, 0.25) is 10.0 Å². The summed E-state index contributed by atoms with van der Waals surface area (Å²) in [6.45, 7) is 4.17. The van der Waals surface area contributed by atoms with Crippen molar-refractivity contribution < 1.29 is 13.2 Å². The highest BCUT2D eigenvalue weighted by Crippen LogP contribution is 2.26. The van der Waals surface area contributed by atoms with Gasteiger partial charge in [0, 0.05) is 19.2 Å². The predicted octanol–water partition coefficient (Wildman–Crippen LogP) is 1.78. The van der Waals surface area contributed by atoms with Crippen molar-refractivity contribution >= 4 is 27.5 Å². The maximum absolute atomic E-state index is 12.1. The summed E-state index contributed by atoms with van der Waals surface area (Å²) in [5, 5.41) is 5.15. The van der Waals surface area contributed by atoms with E-state index >= 15 is 0 Å². The van der Waals surface area contributed by atoms with E-state index in [1.807, 2.05) is 6.92 Å². The van der Waals surface area contributed by atoms with Gasteiger partial charge in [-0.1, -0.05) is 18.5 Å². The van der Waals surface area contributed by atoms with E-state index in [1.165, 1.54) is 11.0 Å². The van der Waals surface area contributed by atoms with Crippen molar-refractivity contribution in [2.75, 3.05) is 13.6 Å². The lowest BCUT2D eigenvalue weighted by atomic mass is 10.1. The number of benzene rings is 1. The van der Waals surface area contributed by atoms with Crippen LogP contribution in [0.15, 0.2) is 17.0 Å². The molecule has 106 valence electrons. The molecule has 0 aliphatic rings. The highest BCUT2D eigenvalue weighted by molar-refractivity contribution is 7.89. The van der Waals surface area contributed by atoms with Gasteiger partial charge in [-0.25, -0.2) is 13.6 Å². The maximum atomic E-state index is 12.1. The number of carbonyl (C=O) groups excluding carboxylic acids is 1. The highest BCUT2D eigenvalue weighted by Gasteiger charge is 2.20. The van der Waals surface area contributed by atoms with Gasteiger partial charge in [0.15, 0.2) is 0 Å². The Morgan fingerprint density at radius 2 is 2.00 bits per heavy atom. The van der Waals surface area contributed by atoms with Crippen LogP contribution in [0.2, 0.25) is 5.02 Å². The zero-order chi connectivity index (χ0) is 14.8. The molecule has 0 heterocycles. The molecule has 0 aromatic heterocycles. The Morgan fingerprint density at radius 3 is 2.47 bits per heavy atom. The fourth-order valence-electron chi connectivity index (χ4n) is 1.73. The molecule has 0 saturated carbocycles.